The molecule has 7 nitrogen and oxygen atoms in total. The fraction of sp³-hybridized carbons (Fsp3) is 0.552. The third kappa shape index (κ3) is 4.97. The lowest BCUT2D eigenvalue weighted by Gasteiger charge is -2.53. The molecule has 3 heterocycles. The SMILES string of the molecule is CN(C)CCOc1cccc2c1OC(C)(C)[C@H]1C[C@H]3CN(Cc4ccccc4C(=O)O)CC[C@@H]3O[C@H]21. The Morgan fingerprint density at radius 3 is 2.78 bits per heavy atom. The maximum absolute atomic E-state index is 11.7. The number of piperidine rings is 1. The lowest BCUT2D eigenvalue weighted by Crippen LogP contribution is -2.55. The Balaban J connectivity index is 1.32. The van der Waals surface area contributed by atoms with Crippen molar-refractivity contribution in [2.75, 3.05) is 40.3 Å². The summed E-state index contributed by atoms with van der Waals surface area (Å²) in [6.45, 7) is 8.22. The van der Waals surface area contributed by atoms with Gasteiger partial charge in [-0.1, -0.05) is 30.3 Å². The summed E-state index contributed by atoms with van der Waals surface area (Å²) in [7, 11) is 4.08. The van der Waals surface area contributed by atoms with Crippen molar-refractivity contribution in [3.05, 3.63) is 59.2 Å². The number of carbonyl (C=O) groups is 1. The highest BCUT2D eigenvalue weighted by molar-refractivity contribution is 5.89. The van der Waals surface area contributed by atoms with Crippen molar-refractivity contribution in [1.29, 1.82) is 0 Å². The van der Waals surface area contributed by atoms with Gasteiger partial charge in [-0.2, -0.15) is 0 Å². The van der Waals surface area contributed by atoms with Crippen LogP contribution < -0.4 is 9.47 Å². The third-order valence-electron chi connectivity index (χ3n) is 8.00. The van der Waals surface area contributed by atoms with E-state index in [-0.39, 0.29) is 23.7 Å². The number of ether oxygens (including phenoxy) is 3. The summed E-state index contributed by atoms with van der Waals surface area (Å²) < 4.78 is 19.6. The molecular formula is C29H38N2O5. The van der Waals surface area contributed by atoms with Gasteiger partial charge in [-0.05, 0) is 64.4 Å². The van der Waals surface area contributed by atoms with Gasteiger partial charge in [0, 0.05) is 37.7 Å². The van der Waals surface area contributed by atoms with E-state index in [0.29, 0.717) is 24.6 Å². The predicted octanol–water partition coefficient (Wildman–Crippen LogP) is 4.46. The highest BCUT2D eigenvalue weighted by Gasteiger charge is 2.52. The highest BCUT2D eigenvalue weighted by Crippen LogP contribution is 2.55. The van der Waals surface area contributed by atoms with E-state index in [2.05, 4.69) is 29.7 Å². The zero-order valence-electron chi connectivity index (χ0n) is 21.8. The number of carboxylic acid groups (broad SMARTS) is 1. The number of rotatable bonds is 7. The molecule has 2 aromatic rings. The Morgan fingerprint density at radius 1 is 1.19 bits per heavy atom. The van der Waals surface area contributed by atoms with Gasteiger partial charge in [-0.15, -0.1) is 0 Å². The van der Waals surface area contributed by atoms with Crippen LogP contribution in [0.5, 0.6) is 11.5 Å². The van der Waals surface area contributed by atoms with Crippen LogP contribution >= 0.6 is 0 Å². The number of benzene rings is 2. The molecule has 3 aliphatic heterocycles. The predicted molar refractivity (Wildman–Crippen MR) is 138 cm³/mol. The van der Waals surface area contributed by atoms with E-state index >= 15 is 0 Å². The molecule has 0 radical (unpaired) electrons. The van der Waals surface area contributed by atoms with Crippen molar-refractivity contribution in [2.24, 2.45) is 11.8 Å². The van der Waals surface area contributed by atoms with E-state index in [1.807, 2.05) is 38.4 Å². The molecule has 0 aromatic heterocycles. The average Bonchev–Trinajstić information content (AvgIpc) is 2.83. The maximum atomic E-state index is 11.7. The van der Waals surface area contributed by atoms with E-state index in [1.54, 1.807) is 12.1 Å². The van der Waals surface area contributed by atoms with Gasteiger partial charge in [-0.3, -0.25) is 4.90 Å². The minimum atomic E-state index is -0.867. The average molecular weight is 495 g/mol. The first-order chi connectivity index (χ1) is 17.2. The van der Waals surface area contributed by atoms with Crippen LogP contribution in [0.25, 0.3) is 0 Å². The molecule has 3 aliphatic rings. The Labute approximate surface area is 213 Å². The number of carboxylic acids is 1. The maximum Gasteiger partial charge on any atom is 0.336 e. The molecule has 7 heteroatoms. The second-order valence-electron chi connectivity index (χ2n) is 11.2. The van der Waals surface area contributed by atoms with E-state index in [9.17, 15) is 9.90 Å². The van der Waals surface area contributed by atoms with Crippen molar-refractivity contribution in [3.63, 3.8) is 0 Å². The number of likely N-dealkylation sites (tertiary alicyclic amines) is 1. The molecule has 4 atom stereocenters. The van der Waals surface area contributed by atoms with Crippen molar-refractivity contribution in [2.45, 2.75) is 51.0 Å². The van der Waals surface area contributed by atoms with Crippen LogP contribution in [0.4, 0.5) is 0 Å². The van der Waals surface area contributed by atoms with Crippen LogP contribution in [0.2, 0.25) is 0 Å². The third-order valence-corrected chi connectivity index (χ3v) is 8.00. The van der Waals surface area contributed by atoms with Gasteiger partial charge in [0.05, 0.1) is 17.8 Å². The van der Waals surface area contributed by atoms with Crippen molar-refractivity contribution < 1.29 is 24.1 Å². The van der Waals surface area contributed by atoms with Crippen molar-refractivity contribution in [3.8, 4) is 11.5 Å². The van der Waals surface area contributed by atoms with Crippen molar-refractivity contribution >= 4 is 5.97 Å². The lowest BCUT2D eigenvalue weighted by molar-refractivity contribution is -0.188. The van der Waals surface area contributed by atoms with Gasteiger partial charge >= 0.3 is 5.97 Å². The second-order valence-corrected chi connectivity index (χ2v) is 11.2. The van der Waals surface area contributed by atoms with Crippen LogP contribution in [-0.2, 0) is 11.3 Å². The minimum Gasteiger partial charge on any atom is -0.488 e. The smallest absolute Gasteiger partial charge is 0.336 e. The molecule has 2 saturated heterocycles. The molecule has 0 spiro atoms. The standard InChI is InChI=1S/C29H38N2O5/c1-29(2)23-16-20-18-31(17-19-8-5-6-9-21(19)28(32)33)13-12-24(20)35-26(23)22-10-7-11-25(27(22)36-29)34-15-14-30(3)4/h5-11,20,23-24,26H,12-18H2,1-4H3,(H,32,33)/t20-,23-,24-,26+/m0/s1. The summed E-state index contributed by atoms with van der Waals surface area (Å²) >= 11 is 0. The number of aromatic carboxylic acids is 1. The van der Waals surface area contributed by atoms with Gasteiger partial charge < -0.3 is 24.2 Å². The first kappa shape index (κ1) is 25.1. The highest BCUT2D eigenvalue weighted by atomic mass is 16.5. The fourth-order valence-corrected chi connectivity index (χ4v) is 6.07. The molecule has 0 unspecified atom stereocenters. The lowest BCUT2D eigenvalue weighted by atomic mass is 9.70. The Bertz CT molecular complexity index is 1100. The molecule has 0 aliphatic carbocycles. The first-order valence-electron chi connectivity index (χ1n) is 13.0. The normalized spacial score (nSPS) is 26.9. The van der Waals surface area contributed by atoms with Crippen LogP contribution in [0.1, 0.15) is 54.3 Å². The summed E-state index contributed by atoms with van der Waals surface area (Å²) in [5, 5.41) is 9.58. The molecule has 0 saturated carbocycles. The van der Waals surface area contributed by atoms with E-state index in [0.717, 1.165) is 55.1 Å². The van der Waals surface area contributed by atoms with Crippen molar-refractivity contribution in [1.82, 2.24) is 9.80 Å². The Morgan fingerprint density at radius 2 is 2.00 bits per heavy atom. The first-order valence-corrected chi connectivity index (χ1v) is 13.0. The molecule has 194 valence electrons. The summed E-state index contributed by atoms with van der Waals surface area (Å²) in [4.78, 5) is 16.2. The van der Waals surface area contributed by atoms with Gasteiger partial charge in [0.2, 0.25) is 0 Å². The number of hydrogen-bond donors (Lipinski definition) is 1. The van der Waals surface area contributed by atoms with Crippen LogP contribution in [0.15, 0.2) is 42.5 Å². The molecule has 36 heavy (non-hydrogen) atoms. The molecule has 0 amide bonds. The summed E-state index contributed by atoms with van der Waals surface area (Å²) in [6.07, 6.45) is 2.14. The fourth-order valence-electron chi connectivity index (χ4n) is 6.07. The molecule has 2 aromatic carbocycles. The summed E-state index contributed by atoms with van der Waals surface area (Å²) in [5.74, 6) is 1.37. The number of para-hydroxylation sites is 1. The van der Waals surface area contributed by atoms with Crippen LogP contribution in [-0.4, -0.2) is 72.9 Å². The Hall–Kier alpha value is -2.61. The molecular weight excluding hydrogens is 456 g/mol. The molecule has 5 rings (SSSR count). The second kappa shape index (κ2) is 10.0. The summed E-state index contributed by atoms with van der Waals surface area (Å²) in [6, 6.07) is 13.5. The zero-order chi connectivity index (χ0) is 25.4. The minimum absolute atomic E-state index is 0.0123. The Kier molecular flexibility index (Phi) is 6.99. The van der Waals surface area contributed by atoms with E-state index in [1.165, 1.54) is 0 Å². The number of hydrogen-bond acceptors (Lipinski definition) is 6. The monoisotopic (exact) mass is 494 g/mol. The number of likely N-dealkylation sites (N-methyl/N-ethyl adjacent to an activating group) is 1. The molecule has 1 N–H and O–H groups in total. The summed E-state index contributed by atoms with van der Waals surface area (Å²) in [5.41, 5.74) is 1.97. The van der Waals surface area contributed by atoms with Gasteiger partial charge in [0.1, 0.15) is 12.2 Å². The van der Waals surface area contributed by atoms with Gasteiger partial charge in [0.15, 0.2) is 11.5 Å². The quantitative estimate of drug-likeness (QED) is 0.609. The zero-order valence-corrected chi connectivity index (χ0v) is 21.8. The largest absolute Gasteiger partial charge is 0.488 e. The van der Waals surface area contributed by atoms with Gasteiger partial charge in [0.25, 0.3) is 0 Å². The molecule has 0 bridgehead atoms. The number of fused-ring (bicyclic) bond motifs is 4. The van der Waals surface area contributed by atoms with Crippen LogP contribution in [0, 0.1) is 11.8 Å². The molecule has 2 fully saturated rings. The number of nitrogens with zero attached hydrogens (tertiary/aromatic N) is 2. The topological polar surface area (TPSA) is 71.5 Å². The van der Waals surface area contributed by atoms with Crippen LogP contribution in [0.3, 0.4) is 0 Å². The van der Waals surface area contributed by atoms with Gasteiger partial charge in [-0.25, -0.2) is 4.79 Å². The van der Waals surface area contributed by atoms with E-state index in [4.69, 9.17) is 14.2 Å². The van der Waals surface area contributed by atoms with E-state index < -0.39 is 5.97 Å².